The number of phosphoric acid groups is 1. The van der Waals surface area contributed by atoms with Gasteiger partial charge in [-0.15, -0.1) is 0 Å². The number of hydrogen-bond donors (Lipinski definition) is 3. The molecule has 0 aromatic heterocycles. The van der Waals surface area contributed by atoms with E-state index in [0.717, 1.165) is 5.88 Å². The van der Waals surface area contributed by atoms with E-state index in [1.807, 2.05) is 11.9 Å². The summed E-state index contributed by atoms with van der Waals surface area (Å²) >= 11 is 6.80. The average Bonchev–Trinajstić information content (AvgIpc) is 3.41. The highest BCUT2D eigenvalue weighted by Crippen LogP contribution is 2.62. The van der Waals surface area contributed by atoms with Crippen LogP contribution in [0, 0.1) is 17.8 Å². The molecule has 1 amide bonds. The number of carbonyl (C=O) groups is 1. The van der Waals surface area contributed by atoms with E-state index in [1.54, 1.807) is 11.0 Å². The summed E-state index contributed by atoms with van der Waals surface area (Å²) in [7, 11) is -2.11. The van der Waals surface area contributed by atoms with Gasteiger partial charge in [0.05, 0.1) is 24.7 Å². The maximum absolute atomic E-state index is 13.3. The Balaban J connectivity index is 1.21. The number of allylic oxidation sites excluding steroid dienone is 1. The molecule has 0 aromatic carbocycles. The Kier molecular flexibility index (Phi) is 5.65. The molecule has 3 N–H and O–H groups in total. The second-order valence-corrected chi connectivity index (χ2v) is 12.3. The number of hydrogen-bond acceptors (Lipinski definition) is 12. The van der Waals surface area contributed by atoms with Gasteiger partial charge in [-0.2, -0.15) is 0 Å². The topological polar surface area (TPSA) is 139 Å². The monoisotopic (exact) mass is 533 g/mol. The number of rotatable bonds is 3. The second-order valence-electron chi connectivity index (χ2n) is 9.13. The molecule has 12 nitrogen and oxygen atoms in total. The lowest BCUT2D eigenvalue weighted by molar-refractivity contribution is -0.139. The number of piperidine rings is 1. The van der Waals surface area contributed by atoms with Gasteiger partial charge in [-0.1, -0.05) is 24.0 Å². The van der Waals surface area contributed by atoms with Crippen LogP contribution >= 0.6 is 31.8 Å². The summed E-state index contributed by atoms with van der Waals surface area (Å²) in [4.78, 5) is 16.7. The maximum atomic E-state index is 13.3. The minimum absolute atomic E-state index is 0.0417. The Morgan fingerprint density at radius 3 is 2.97 bits per heavy atom. The SMILES string of the molecule is CN1CSC(=S)N(COP2(=O)O[C@H]3[C@@H]4NC(=O)C5C(O)=C6OCOC6=CC5[C@H]4C[C@H](O)[C@H]3O2)C1. The number of amides is 1. The van der Waals surface area contributed by atoms with Crippen LogP contribution in [0.4, 0.5) is 0 Å². The Morgan fingerprint density at radius 2 is 2.15 bits per heavy atom. The maximum Gasteiger partial charge on any atom is 0.477 e. The van der Waals surface area contributed by atoms with E-state index < -0.39 is 49.9 Å². The van der Waals surface area contributed by atoms with Crippen LogP contribution < -0.4 is 5.32 Å². The number of thioether (sulfide) groups is 1. The van der Waals surface area contributed by atoms with Gasteiger partial charge in [0.25, 0.3) is 0 Å². The van der Waals surface area contributed by atoms with Gasteiger partial charge in [0.15, 0.2) is 11.5 Å². The van der Waals surface area contributed by atoms with Crippen LogP contribution in [0.15, 0.2) is 23.4 Å². The third-order valence-corrected chi connectivity index (χ3v) is 10.1. The Hall–Kier alpha value is -1.38. The summed E-state index contributed by atoms with van der Waals surface area (Å²) in [5, 5.41) is 24.4. The second kappa shape index (κ2) is 8.34. The summed E-state index contributed by atoms with van der Waals surface area (Å²) in [5.74, 6) is -0.964. The number of nitrogens with one attached hydrogen (secondary N) is 1. The molecular weight excluding hydrogens is 509 g/mol. The van der Waals surface area contributed by atoms with Crippen molar-refractivity contribution in [2.75, 3.05) is 33.1 Å². The van der Waals surface area contributed by atoms with Gasteiger partial charge in [-0.3, -0.25) is 23.3 Å². The summed E-state index contributed by atoms with van der Waals surface area (Å²) in [6.07, 6.45) is -0.835. The fourth-order valence-electron chi connectivity index (χ4n) is 5.46. The molecule has 8 atom stereocenters. The fraction of sp³-hybridized carbons (Fsp3) is 0.684. The molecule has 4 saturated heterocycles. The average molecular weight is 534 g/mol. The van der Waals surface area contributed by atoms with Gasteiger partial charge in [-0.05, 0) is 25.5 Å². The Bertz CT molecular complexity index is 1040. The normalized spacial score (nSPS) is 43.8. The van der Waals surface area contributed by atoms with Crippen LogP contribution in [0.2, 0.25) is 0 Å². The molecule has 1 saturated carbocycles. The Labute approximate surface area is 204 Å². The van der Waals surface area contributed by atoms with Crippen LogP contribution in [0.5, 0.6) is 0 Å². The number of nitrogens with zero attached hydrogens (tertiary/aromatic N) is 2. The van der Waals surface area contributed by atoms with Crippen molar-refractivity contribution in [2.24, 2.45) is 17.8 Å². The van der Waals surface area contributed by atoms with Gasteiger partial charge in [0.1, 0.15) is 29.2 Å². The first kappa shape index (κ1) is 23.0. The highest BCUT2D eigenvalue weighted by atomic mass is 32.2. The summed E-state index contributed by atoms with van der Waals surface area (Å²) in [6.45, 7) is 0.365. The molecule has 3 unspecified atom stereocenters. The highest BCUT2D eigenvalue weighted by molar-refractivity contribution is 8.22. The predicted octanol–water partition coefficient (Wildman–Crippen LogP) is 0.816. The van der Waals surface area contributed by atoms with Crippen molar-refractivity contribution in [1.29, 1.82) is 0 Å². The molecule has 0 aromatic rings. The number of aliphatic hydroxyl groups is 2. The van der Waals surface area contributed by atoms with Gasteiger partial charge in [-0.25, -0.2) is 4.57 Å². The van der Waals surface area contributed by atoms with Crippen molar-refractivity contribution >= 4 is 42.0 Å². The smallest absolute Gasteiger partial charge is 0.477 e. The Morgan fingerprint density at radius 1 is 1.35 bits per heavy atom. The van der Waals surface area contributed by atoms with E-state index in [-0.39, 0.29) is 37.4 Å². The van der Waals surface area contributed by atoms with E-state index >= 15 is 0 Å². The number of carbonyl (C=O) groups excluding carboxylic acids is 1. The molecular formula is C19H24N3O9PS2. The van der Waals surface area contributed by atoms with Crippen LogP contribution in [-0.4, -0.2) is 87.7 Å². The first-order valence-electron chi connectivity index (χ1n) is 10.8. The standard InChI is InChI=1S/C19H24N3O9PS2/c1-21-4-22(19(33)34-6-21)5-29-32(26)30-15-10(23)2-9-8-3-11-16(28-7-27-11)14(24)12(8)18(25)20-13(9)17(15)31-32/h3,8-10,12-13,15,17,23-24H,2,4-7H2,1H3,(H,20,25)/t8?,9-,10+,12?,13-,15-,17+,32?/m1/s1. The summed E-state index contributed by atoms with van der Waals surface area (Å²) in [5.41, 5.74) is 0. The number of thiocarbonyl (C=S) groups is 1. The first-order valence-corrected chi connectivity index (χ1v) is 13.7. The lowest BCUT2D eigenvalue weighted by atomic mass is 9.64. The number of fused-ring (bicyclic) bond motifs is 6. The number of ether oxygens (including phenoxy) is 2. The van der Waals surface area contributed by atoms with E-state index in [4.69, 9.17) is 35.3 Å². The lowest BCUT2D eigenvalue weighted by Crippen LogP contribution is -2.65. The van der Waals surface area contributed by atoms with Crippen molar-refractivity contribution in [3.8, 4) is 0 Å². The molecule has 5 fully saturated rings. The van der Waals surface area contributed by atoms with Gasteiger partial charge in [0.2, 0.25) is 18.5 Å². The third-order valence-electron chi connectivity index (χ3n) is 6.97. The molecule has 186 valence electrons. The highest BCUT2D eigenvalue weighted by Gasteiger charge is 2.62. The quantitative estimate of drug-likeness (QED) is 0.349. The molecule has 2 aliphatic carbocycles. The molecule has 6 aliphatic rings. The van der Waals surface area contributed by atoms with Gasteiger partial charge >= 0.3 is 7.82 Å². The third kappa shape index (κ3) is 3.66. The molecule has 6 rings (SSSR count). The molecule has 4 aliphatic heterocycles. The van der Waals surface area contributed by atoms with Crippen molar-refractivity contribution in [1.82, 2.24) is 15.1 Å². The summed E-state index contributed by atoms with van der Waals surface area (Å²) in [6, 6.07) is -0.604. The van der Waals surface area contributed by atoms with Crippen LogP contribution in [-0.2, 0) is 32.4 Å². The van der Waals surface area contributed by atoms with Crippen molar-refractivity contribution < 1.29 is 42.6 Å². The van der Waals surface area contributed by atoms with Crippen LogP contribution in [0.3, 0.4) is 0 Å². The zero-order valence-electron chi connectivity index (χ0n) is 18.1. The van der Waals surface area contributed by atoms with Crippen molar-refractivity contribution in [3.63, 3.8) is 0 Å². The first-order chi connectivity index (χ1) is 16.2. The molecule has 0 bridgehead atoms. The molecule has 0 spiro atoms. The van der Waals surface area contributed by atoms with E-state index in [1.165, 1.54) is 11.8 Å². The molecule has 4 heterocycles. The zero-order valence-corrected chi connectivity index (χ0v) is 20.6. The lowest BCUT2D eigenvalue weighted by Gasteiger charge is -2.49. The summed E-state index contributed by atoms with van der Waals surface area (Å²) < 4.78 is 41.6. The predicted molar refractivity (Wildman–Crippen MR) is 121 cm³/mol. The largest absolute Gasteiger partial charge is 0.507 e. The number of aliphatic hydroxyl groups excluding tert-OH is 2. The minimum Gasteiger partial charge on any atom is -0.507 e. The van der Waals surface area contributed by atoms with E-state index in [2.05, 4.69) is 5.32 Å². The van der Waals surface area contributed by atoms with Crippen molar-refractivity contribution in [2.45, 2.75) is 30.8 Å². The van der Waals surface area contributed by atoms with Crippen LogP contribution in [0.1, 0.15) is 6.42 Å². The van der Waals surface area contributed by atoms with E-state index in [9.17, 15) is 19.6 Å². The van der Waals surface area contributed by atoms with Gasteiger partial charge in [0, 0.05) is 5.92 Å². The van der Waals surface area contributed by atoms with Crippen LogP contribution in [0.25, 0.3) is 0 Å². The minimum atomic E-state index is -4.03. The molecule has 0 radical (unpaired) electrons. The molecule has 15 heteroatoms. The van der Waals surface area contributed by atoms with Crippen molar-refractivity contribution in [3.05, 3.63) is 23.4 Å². The molecule has 34 heavy (non-hydrogen) atoms. The number of phosphoric ester groups is 1. The fourth-order valence-corrected chi connectivity index (χ4v) is 8.00. The zero-order chi connectivity index (χ0) is 23.8. The van der Waals surface area contributed by atoms with Gasteiger partial charge < -0.3 is 29.9 Å². The van der Waals surface area contributed by atoms with E-state index in [0.29, 0.717) is 16.7 Å².